The summed E-state index contributed by atoms with van der Waals surface area (Å²) in [5, 5.41) is 9.25. The van der Waals surface area contributed by atoms with Crippen LogP contribution in [-0.2, 0) is 13.1 Å². The van der Waals surface area contributed by atoms with Gasteiger partial charge < -0.3 is 20.1 Å². The second-order valence-corrected chi connectivity index (χ2v) is 6.89. The first-order valence-electron chi connectivity index (χ1n) is 8.43. The van der Waals surface area contributed by atoms with Crippen LogP contribution in [0.25, 0.3) is 0 Å². The molecule has 0 atom stereocenters. The summed E-state index contributed by atoms with van der Waals surface area (Å²) in [7, 11) is 3.11. The van der Waals surface area contributed by atoms with Gasteiger partial charge in [0, 0.05) is 30.6 Å². The molecule has 1 aromatic heterocycles. The number of ether oxygens (including phenoxy) is 2. The molecule has 0 spiro atoms. The molecular weight excluding hydrogens is 501 g/mol. The number of rotatable bonds is 8. The molecule has 0 aliphatic carbocycles. The first-order valence-corrected chi connectivity index (χ1v) is 9.31. The minimum absolute atomic E-state index is 0. The Bertz CT molecular complexity index is 772. The van der Waals surface area contributed by atoms with E-state index in [0.717, 1.165) is 10.7 Å². The van der Waals surface area contributed by atoms with Gasteiger partial charge in [-0.1, -0.05) is 13.8 Å². The molecule has 1 heterocycles. The van der Waals surface area contributed by atoms with Gasteiger partial charge in [-0.2, -0.15) is 8.78 Å². The molecule has 0 unspecified atom stereocenters. The van der Waals surface area contributed by atoms with Crippen molar-refractivity contribution in [3.05, 3.63) is 39.8 Å². The Morgan fingerprint density at radius 2 is 1.96 bits per heavy atom. The quantitative estimate of drug-likeness (QED) is 0.304. The van der Waals surface area contributed by atoms with Gasteiger partial charge in [0.1, 0.15) is 16.5 Å². The molecule has 0 fully saturated rings. The maximum Gasteiger partial charge on any atom is 0.387 e. The van der Waals surface area contributed by atoms with Crippen LogP contribution in [0.5, 0.6) is 11.5 Å². The number of benzene rings is 1. The lowest BCUT2D eigenvalue weighted by Crippen LogP contribution is -2.36. The van der Waals surface area contributed by atoms with Crippen molar-refractivity contribution in [3.63, 3.8) is 0 Å². The molecule has 156 valence electrons. The predicted molar refractivity (Wildman–Crippen MR) is 118 cm³/mol. The predicted octanol–water partition coefficient (Wildman–Crippen LogP) is 4.36. The van der Waals surface area contributed by atoms with Crippen molar-refractivity contribution in [1.82, 2.24) is 15.6 Å². The van der Waals surface area contributed by atoms with Crippen LogP contribution in [-0.4, -0.2) is 31.7 Å². The first kappa shape index (κ1) is 24.3. The number of hydrogen-bond donors (Lipinski definition) is 2. The van der Waals surface area contributed by atoms with E-state index < -0.39 is 6.61 Å². The number of thiazole rings is 1. The van der Waals surface area contributed by atoms with Gasteiger partial charge in [-0.15, -0.1) is 35.3 Å². The normalized spacial score (nSPS) is 11.4. The molecule has 1 aromatic carbocycles. The van der Waals surface area contributed by atoms with E-state index in [0.29, 0.717) is 29.7 Å². The van der Waals surface area contributed by atoms with Crippen LogP contribution >= 0.6 is 35.3 Å². The number of methoxy groups -OCH3 is 1. The molecule has 28 heavy (non-hydrogen) atoms. The molecule has 2 N–H and O–H groups in total. The molecule has 0 saturated carbocycles. The zero-order valence-corrected chi connectivity index (χ0v) is 19.3. The number of nitrogens with one attached hydrogen (secondary N) is 2. The van der Waals surface area contributed by atoms with E-state index in [1.54, 1.807) is 30.5 Å². The molecule has 2 rings (SSSR count). The minimum atomic E-state index is -2.91. The Kier molecular flexibility index (Phi) is 10.4. The SMILES string of the molecule is CN=C(NCc1nc(C(C)C)cs1)NCc1ccc(OC)cc1OC(F)F.I. The van der Waals surface area contributed by atoms with Gasteiger partial charge in [-0.3, -0.25) is 4.99 Å². The van der Waals surface area contributed by atoms with Crippen LogP contribution in [0, 0.1) is 0 Å². The molecule has 2 aromatic rings. The first-order chi connectivity index (χ1) is 12.9. The lowest BCUT2D eigenvalue weighted by atomic mass is 10.2. The lowest BCUT2D eigenvalue weighted by Gasteiger charge is -2.15. The second kappa shape index (κ2) is 12.0. The Hall–Kier alpha value is -1.69. The largest absolute Gasteiger partial charge is 0.497 e. The monoisotopic (exact) mass is 526 g/mol. The third kappa shape index (κ3) is 7.38. The Morgan fingerprint density at radius 3 is 2.54 bits per heavy atom. The molecule has 0 amide bonds. The summed E-state index contributed by atoms with van der Waals surface area (Å²) in [6.07, 6.45) is 0. The van der Waals surface area contributed by atoms with Gasteiger partial charge in [-0.25, -0.2) is 4.98 Å². The van der Waals surface area contributed by atoms with Crippen molar-refractivity contribution in [2.75, 3.05) is 14.2 Å². The van der Waals surface area contributed by atoms with Crippen molar-refractivity contribution in [2.45, 2.75) is 39.5 Å². The van der Waals surface area contributed by atoms with E-state index >= 15 is 0 Å². The summed E-state index contributed by atoms with van der Waals surface area (Å²) in [4.78, 5) is 8.70. The number of aliphatic imine (C=N–C) groups is 1. The van der Waals surface area contributed by atoms with Gasteiger partial charge in [0.25, 0.3) is 0 Å². The summed E-state index contributed by atoms with van der Waals surface area (Å²) in [6, 6.07) is 4.80. The highest BCUT2D eigenvalue weighted by Gasteiger charge is 2.12. The number of alkyl halides is 2. The van der Waals surface area contributed by atoms with Crippen LogP contribution < -0.4 is 20.1 Å². The smallest absolute Gasteiger partial charge is 0.387 e. The average Bonchev–Trinajstić information content (AvgIpc) is 3.11. The summed E-state index contributed by atoms with van der Waals surface area (Å²) in [6.45, 7) is 2.08. The highest BCUT2D eigenvalue weighted by molar-refractivity contribution is 14.0. The minimum Gasteiger partial charge on any atom is -0.497 e. The topological polar surface area (TPSA) is 67.8 Å². The van der Waals surface area contributed by atoms with Gasteiger partial charge in [-0.05, 0) is 18.1 Å². The standard InChI is InChI=1S/C18H24F2N4O2S.HI/c1-11(2)14-10-27-16(24-14)9-23-18(21-3)22-8-12-5-6-13(25-4)7-15(12)26-17(19)20;/h5-7,10-11,17H,8-9H2,1-4H3,(H2,21,22,23);1H. The number of hydrogen-bond acceptors (Lipinski definition) is 5. The van der Waals surface area contributed by atoms with Crippen molar-refractivity contribution in [2.24, 2.45) is 4.99 Å². The lowest BCUT2D eigenvalue weighted by molar-refractivity contribution is -0.0505. The second-order valence-electron chi connectivity index (χ2n) is 5.95. The molecular formula is C18H25F2IN4O2S. The van der Waals surface area contributed by atoms with Crippen LogP contribution in [0.15, 0.2) is 28.6 Å². The third-order valence-corrected chi connectivity index (χ3v) is 4.60. The Morgan fingerprint density at radius 1 is 1.25 bits per heavy atom. The Balaban J connectivity index is 0.00000392. The van der Waals surface area contributed by atoms with Crippen LogP contribution in [0.1, 0.15) is 36.0 Å². The van der Waals surface area contributed by atoms with E-state index in [2.05, 4.69) is 39.2 Å². The number of halogens is 3. The zero-order valence-electron chi connectivity index (χ0n) is 16.2. The summed E-state index contributed by atoms with van der Waals surface area (Å²) < 4.78 is 34.9. The van der Waals surface area contributed by atoms with E-state index in [4.69, 9.17) is 4.74 Å². The fourth-order valence-corrected chi connectivity index (χ4v) is 3.14. The number of guanidine groups is 1. The van der Waals surface area contributed by atoms with Gasteiger partial charge in [0.05, 0.1) is 19.3 Å². The van der Waals surface area contributed by atoms with Gasteiger partial charge >= 0.3 is 6.61 Å². The Labute approximate surface area is 184 Å². The summed E-state index contributed by atoms with van der Waals surface area (Å²) in [5.74, 6) is 1.43. The van der Waals surface area contributed by atoms with Crippen molar-refractivity contribution >= 4 is 41.3 Å². The molecule has 6 nitrogen and oxygen atoms in total. The maximum atomic E-state index is 12.6. The molecule has 10 heteroatoms. The fourth-order valence-electron chi connectivity index (χ4n) is 2.24. The van der Waals surface area contributed by atoms with Gasteiger partial charge in [0.15, 0.2) is 5.96 Å². The van der Waals surface area contributed by atoms with E-state index in [1.807, 2.05) is 5.38 Å². The zero-order chi connectivity index (χ0) is 19.8. The van der Waals surface area contributed by atoms with E-state index in [-0.39, 0.29) is 36.3 Å². The van der Waals surface area contributed by atoms with Crippen LogP contribution in [0.3, 0.4) is 0 Å². The van der Waals surface area contributed by atoms with E-state index in [1.165, 1.54) is 13.2 Å². The highest BCUT2D eigenvalue weighted by atomic mass is 127. The molecule has 0 aliphatic rings. The number of aromatic nitrogens is 1. The molecule has 0 aliphatic heterocycles. The van der Waals surface area contributed by atoms with Crippen molar-refractivity contribution in [1.29, 1.82) is 0 Å². The molecule has 0 radical (unpaired) electrons. The highest BCUT2D eigenvalue weighted by Crippen LogP contribution is 2.26. The summed E-state index contributed by atoms with van der Waals surface area (Å²) >= 11 is 1.58. The maximum absolute atomic E-state index is 12.6. The van der Waals surface area contributed by atoms with Gasteiger partial charge in [0.2, 0.25) is 0 Å². The van der Waals surface area contributed by atoms with Crippen molar-refractivity contribution in [3.8, 4) is 11.5 Å². The van der Waals surface area contributed by atoms with Crippen LogP contribution in [0.4, 0.5) is 8.78 Å². The summed E-state index contributed by atoms with van der Waals surface area (Å²) in [5.41, 5.74) is 1.63. The third-order valence-electron chi connectivity index (χ3n) is 3.73. The van der Waals surface area contributed by atoms with Crippen LogP contribution in [0.2, 0.25) is 0 Å². The molecule has 0 bridgehead atoms. The number of nitrogens with zero attached hydrogens (tertiary/aromatic N) is 2. The fraction of sp³-hybridized carbons (Fsp3) is 0.444. The van der Waals surface area contributed by atoms with E-state index in [9.17, 15) is 8.78 Å². The molecule has 0 saturated heterocycles. The average molecular weight is 526 g/mol. The van der Waals surface area contributed by atoms with Crippen molar-refractivity contribution < 1.29 is 18.3 Å².